The van der Waals surface area contributed by atoms with Crippen LogP contribution in [0.25, 0.3) is 0 Å². The van der Waals surface area contributed by atoms with Crippen molar-refractivity contribution in [3.05, 3.63) is 16.1 Å². The fourth-order valence-corrected chi connectivity index (χ4v) is 4.84. The van der Waals surface area contributed by atoms with Crippen molar-refractivity contribution in [3.8, 4) is 0 Å². The third kappa shape index (κ3) is 4.38. The predicted molar refractivity (Wildman–Crippen MR) is 88.7 cm³/mol. The fourth-order valence-electron chi connectivity index (χ4n) is 2.14. The minimum absolute atomic E-state index is 0.333. The van der Waals surface area contributed by atoms with Gasteiger partial charge in [-0.15, -0.1) is 21.5 Å². The molecule has 1 saturated heterocycles. The Morgan fingerprint density at radius 3 is 3.19 bits per heavy atom. The Labute approximate surface area is 136 Å². The van der Waals surface area contributed by atoms with Gasteiger partial charge in [-0.25, -0.2) is 4.98 Å². The minimum atomic E-state index is 0.333. The molecule has 0 aromatic carbocycles. The zero-order valence-corrected chi connectivity index (χ0v) is 14.3. The first-order chi connectivity index (χ1) is 10.3. The molecule has 0 saturated carbocycles. The summed E-state index contributed by atoms with van der Waals surface area (Å²) in [6.07, 6.45) is 3.68. The second-order valence-electron chi connectivity index (χ2n) is 4.85. The summed E-state index contributed by atoms with van der Waals surface area (Å²) in [5.41, 5.74) is 3.06. The molecule has 5 nitrogen and oxygen atoms in total. The number of hydrogen-bond acceptors (Lipinski definition) is 8. The monoisotopic (exact) mass is 342 g/mol. The quantitative estimate of drug-likeness (QED) is 0.780. The molecule has 1 fully saturated rings. The van der Waals surface area contributed by atoms with Gasteiger partial charge in [0, 0.05) is 23.8 Å². The van der Waals surface area contributed by atoms with E-state index in [2.05, 4.69) is 27.4 Å². The summed E-state index contributed by atoms with van der Waals surface area (Å²) < 4.78 is 6.60. The lowest BCUT2D eigenvalue weighted by molar-refractivity contribution is 0.120. The summed E-state index contributed by atoms with van der Waals surface area (Å²) in [5, 5.41) is 12.6. The number of aryl methyl sites for hydroxylation is 2. The van der Waals surface area contributed by atoms with E-state index in [4.69, 9.17) is 4.74 Å². The lowest BCUT2D eigenvalue weighted by Crippen LogP contribution is -2.18. The average molecular weight is 343 g/mol. The molecule has 1 atom stereocenters. The van der Waals surface area contributed by atoms with Crippen LogP contribution in [-0.4, -0.2) is 40.2 Å². The Kier molecular flexibility index (Phi) is 5.45. The molecule has 0 unspecified atom stereocenters. The molecular formula is C13H18N4OS3. The molecule has 0 spiro atoms. The predicted octanol–water partition coefficient (Wildman–Crippen LogP) is 3.23. The van der Waals surface area contributed by atoms with Gasteiger partial charge >= 0.3 is 0 Å². The summed E-state index contributed by atoms with van der Waals surface area (Å²) in [4.78, 5) is 5.64. The highest BCUT2D eigenvalue weighted by Gasteiger charge is 2.15. The zero-order valence-electron chi connectivity index (χ0n) is 11.9. The molecule has 1 N–H and O–H groups in total. The molecule has 0 radical (unpaired) electrons. The minimum Gasteiger partial charge on any atom is -0.376 e. The third-order valence-electron chi connectivity index (χ3n) is 3.31. The number of rotatable bonds is 7. The molecule has 114 valence electrons. The summed E-state index contributed by atoms with van der Waals surface area (Å²) in [6, 6.07) is 0. The average Bonchev–Trinajstić information content (AvgIpc) is 3.20. The molecule has 2 aromatic rings. The van der Waals surface area contributed by atoms with E-state index in [0.29, 0.717) is 6.10 Å². The van der Waals surface area contributed by atoms with Crippen molar-refractivity contribution in [1.29, 1.82) is 0 Å². The van der Waals surface area contributed by atoms with Crippen molar-refractivity contribution < 1.29 is 4.74 Å². The molecule has 2 aromatic heterocycles. The molecule has 1 aliphatic rings. The van der Waals surface area contributed by atoms with Crippen LogP contribution < -0.4 is 5.32 Å². The summed E-state index contributed by atoms with van der Waals surface area (Å²) >= 11 is 5.11. The summed E-state index contributed by atoms with van der Waals surface area (Å²) in [6.45, 7) is 3.79. The van der Waals surface area contributed by atoms with Gasteiger partial charge in [0.2, 0.25) is 5.13 Å². The van der Waals surface area contributed by atoms with Crippen molar-refractivity contribution in [2.75, 3.05) is 24.2 Å². The van der Waals surface area contributed by atoms with Gasteiger partial charge in [-0.1, -0.05) is 23.1 Å². The Morgan fingerprint density at radius 1 is 1.48 bits per heavy atom. The van der Waals surface area contributed by atoms with E-state index in [0.717, 1.165) is 46.9 Å². The number of nitrogens with one attached hydrogen (secondary N) is 1. The maximum atomic E-state index is 5.58. The van der Waals surface area contributed by atoms with Crippen molar-refractivity contribution in [1.82, 2.24) is 15.2 Å². The second kappa shape index (κ2) is 7.53. The maximum Gasteiger partial charge on any atom is 0.206 e. The highest BCUT2D eigenvalue weighted by Crippen LogP contribution is 2.27. The summed E-state index contributed by atoms with van der Waals surface area (Å²) in [7, 11) is 0. The van der Waals surface area contributed by atoms with Crippen LogP contribution in [0.3, 0.4) is 0 Å². The highest BCUT2D eigenvalue weighted by molar-refractivity contribution is 8.01. The van der Waals surface area contributed by atoms with Gasteiger partial charge in [-0.2, -0.15) is 0 Å². The van der Waals surface area contributed by atoms with Crippen LogP contribution in [-0.2, 0) is 11.2 Å². The van der Waals surface area contributed by atoms with Crippen LogP contribution in [0.2, 0.25) is 0 Å². The van der Waals surface area contributed by atoms with Gasteiger partial charge in [-0.3, -0.25) is 0 Å². The molecule has 8 heteroatoms. The van der Waals surface area contributed by atoms with E-state index in [1.54, 1.807) is 34.4 Å². The van der Waals surface area contributed by atoms with E-state index < -0.39 is 0 Å². The van der Waals surface area contributed by atoms with Crippen molar-refractivity contribution in [2.24, 2.45) is 0 Å². The molecule has 1 aliphatic heterocycles. The maximum absolute atomic E-state index is 5.58. The highest BCUT2D eigenvalue weighted by atomic mass is 32.2. The SMILES string of the molecule is Cc1ncsc1CCSc1nnc(NC[C@H]2CCCO2)s1. The summed E-state index contributed by atoms with van der Waals surface area (Å²) in [5.74, 6) is 1.02. The smallest absolute Gasteiger partial charge is 0.206 e. The van der Waals surface area contributed by atoms with E-state index in [9.17, 15) is 0 Å². The molecule has 3 heterocycles. The molecule has 21 heavy (non-hydrogen) atoms. The molecular weight excluding hydrogens is 324 g/mol. The second-order valence-corrected chi connectivity index (χ2v) is 8.11. The largest absolute Gasteiger partial charge is 0.376 e. The van der Waals surface area contributed by atoms with E-state index in [1.165, 1.54) is 11.3 Å². The first kappa shape index (κ1) is 15.2. The number of nitrogens with zero attached hydrogens (tertiary/aromatic N) is 3. The standard InChI is InChI=1S/C13H18N4OS3/c1-9-11(20-8-15-9)4-6-19-13-17-16-12(21-13)14-7-10-3-2-5-18-10/h8,10H,2-7H2,1H3,(H,14,16)/t10-/m1/s1. The fraction of sp³-hybridized carbons (Fsp3) is 0.615. The van der Waals surface area contributed by atoms with Crippen LogP contribution in [0.15, 0.2) is 9.85 Å². The zero-order chi connectivity index (χ0) is 14.5. The first-order valence-corrected chi connectivity index (χ1v) is 9.70. The molecule has 0 bridgehead atoms. The lowest BCUT2D eigenvalue weighted by atomic mass is 10.2. The Morgan fingerprint density at radius 2 is 2.43 bits per heavy atom. The molecule has 0 amide bonds. The van der Waals surface area contributed by atoms with Crippen LogP contribution in [0.4, 0.5) is 5.13 Å². The van der Waals surface area contributed by atoms with Crippen LogP contribution >= 0.6 is 34.4 Å². The normalized spacial score (nSPS) is 18.2. The molecule has 3 rings (SSSR count). The van der Waals surface area contributed by atoms with Gasteiger partial charge < -0.3 is 10.1 Å². The Bertz CT molecular complexity index is 565. The topological polar surface area (TPSA) is 59.9 Å². The number of aromatic nitrogens is 3. The van der Waals surface area contributed by atoms with E-state index >= 15 is 0 Å². The Balaban J connectivity index is 1.41. The van der Waals surface area contributed by atoms with Crippen molar-refractivity contribution in [3.63, 3.8) is 0 Å². The number of thiazole rings is 1. The van der Waals surface area contributed by atoms with Crippen LogP contribution in [0.1, 0.15) is 23.4 Å². The van der Waals surface area contributed by atoms with Gasteiger partial charge in [0.25, 0.3) is 0 Å². The van der Waals surface area contributed by atoms with Gasteiger partial charge in [0.1, 0.15) is 0 Å². The Hall–Kier alpha value is -0.700. The first-order valence-electron chi connectivity index (χ1n) is 7.02. The van der Waals surface area contributed by atoms with E-state index in [-0.39, 0.29) is 0 Å². The number of anilines is 1. The van der Waals surface area contributed by atoms with Crippen LogP contribution in [0, 0.1) is 6.92 Å². The van der Waals surface area contributed by atoms with Crippen molar-refractivity contribution >= 4 is 39.6 Å². The number of ether oxygens (including phenoxy) is 1. The van der Waals surface area contributed by atoms with Gasteiger partial charge in [0.15, 0.2) is 4.34 Å². The van der Waals surface area contributed by atoms with Gasteiger partial charge in [0.05, 0.1) is 17.3 Å². The van der Waals surface area contributed by atoms with Gasteiger partial charge in [-0.05, 0) is 26.2 Å². The third-order valence-corrected chi connectivity index (χ3v) is 6.32. The number of hydrogen-bond donors (Lipinski definition) is 1. The number of thioether (sulfide) groups is 1. The van der Waals surface area contributed by atoms with E-state index in [1.807, 2.05) is 5.51 Å². The van der Waals surface area contributed by atoms with Crippen LogP contribution in [0.5, 0.6) is 0 Å². The molecule has 0 aliphatic carbocycles. The van der Waals surface area contributed by atoms with Crippen molar-refractivity contribution in [2.45, 2.75) is 36.6 Å². The lowest BCUT2D eigenvalue weighted by Gasteiger charge is -2.08.